The van der Waals surface area contributed by atoms with E-state index in [1.54, 1.807) is 0 Å². The SMILES string of the molecule is O=C1C[C@H]2[C@H](CCN2CC2CCCCC2)N1Cc1c(Cl)cccc1Cl. The van der Waals surface area contributed by atoms with E-state index in [9.17, 15) is 4.79 Å². The monoisotopic (exact) mass is 380 g/mol. The van der Waals surface area contributed by atoms with Crippen LogP contribution in [0, 0.1) is 5.92 Å². The number of carbonyl (C=O) groups is 1. The van der Waals surface area contributed by atoms with Crippen LogP contribution in [0.4, 0.5) is 0 Å². The van der Waals surface area contributed by atoms with Crippen molar-refractivity contribution < 1.29 is 4.79 Å². The van der Waals surface area contributed by atoms with Crippen molar-refractivity contribution in [2.45, 2.75) is 63.6 Å². The maximum absolute atomic E-state index is 12.7. The molecule has 1 saturated carbocycles. The van der Waals surface area contributed by atoms with Gasteiger partial charge >= 0.3 is 0 Å². The number of amides is 1. The van der Waals surface area contributed by atoms with Crippen LogP contribution < -0.4 is 0 Å². The van der Waals surface area contributed by atoms with Crippen molar-refractivity contribution in [2.75, 3.05) is 13.1 Å². The molecular weight excluding hydrogens is 355 g/mol. The lowest BCUT2D eigenvalue weighted by Gasteiger charge is -2.30. The summed E-state index contributed by atoms with van der Waals surface area (Å²) < 4.78 is 0. The lowest BCUT2D eigenvalue weighted by Crippen LogP contribution is -2.39. The molecule has 0 unspecified atom stereocenters. The number of rotatable bonds is 4. The third-order valence-electron chi connectivity index (χ3n) is 6.34. The van der Waals surface area contributed by atoms with Crippen molar-refractivity contribution in [3.63, 3.8) is 0 Å². The van der Waals surface area contributed by atoms with E-state index in [-0.39, 0.29) is 5.91 Å². The molecule has 0 N–H and O–H groups in total. The van der Waals surface area contributed by atoms with Crippen LogP contribution in [0.3, 0.4) is 0 Å². The van der Waals surface area contributed by atoms with Crippen LogP contribution in [0.5, 0.6) is 0 Å². The highest BCUT2D eigenvalue weighted by atomic mass is 35.5. The van der Waals surface area contributed by atoms with E-state index < -0.39 is 0 Å². The van der Waals surface area contributed by atoms with Gasteiger partial charge in [0, 0.05) is 53.7 Å². The van der Waals surface area contributed by atoms with E-state index in [2.05, 4.69) is 4.90 Å². The van der Waals surface area contributed by atoms with Gasteiger partial charge in [0.05, 0.1) is 0 Å². The molecule has 2 saturated heterocycles. The quantitative estimate of drug-likeness (QED) is 0.752. The normalized spacial score (nSPS) is 27.9. The van der Waals surface area contributed by atoms with Gasteiger partial charge in [-0.25, -0.2) is 0 Å². The summed E-state index contributed by atoms with van der Waals surface area (Å²) in [5, 5.41) is 1.31. The molecule has 0 radical (unpaired) electrons. The molecule has 0 spiro atoms. The van der Waals surface area contributed by atoms with Crippen LogP contribution in [0.15, 0.2) is 18.2 Å². The van der Waals surface area contributed by atoms with Crippen molar-refractivity contribution in [1.82, 2.24) is 9.80 Å². The Bertz CT molecular complexity index is 624. The zero-order chi connectivity index (χ0) is 17.4. The number of carbonyl (C=O) groups excluding carboxylic acids is 1. The lowest BCUT2D eigenvalue weighted by molar-refractivity contribution is -0.129. The molecule has 2 heterocycles. The molecule has 1 amide bonds. The van der Waals surface area contributed by atoms with Crippen LogP contribution in [0.2, 0.25) is 10.0 Å². The summed E-state index contributed by atoms with van der Waals surface area (Å²) >= 11 is 12.6. The second-order valence-electron chi connectivity index (χ2n) is 7.85. The number of fused-ring (bicyclic) bond motifs is 1. The Morgan fingerprint density at radius 1 is 1.00 bits per heavy atom. The molecule has 5 heteroatoms. The van der Waals surface area contributed by atoms with Gasteiger partial charge in [-0.3, -0.25) is 9.69 Å². The van der Waals surface area contributed by atoms with Gasteiger partial charge in [0.2, 0.25) is 5.91 Å². The molecular formula is C20H26Cl2N2O. The highest BCUT2D eigenvalue weighted by Crippen LogP contribution is 2.37. The Balaban J connectivity index is 1.45. The van der Waals surface area contributed by atoms with Gasteiger partial charge < -0.3 is 4.90 Å². The van der Waals surface area contributed by atoms with Gasteiger partial charge in [-0.2, -0.15) is 0 Å². The number of likely N-dealkylation sites (tertiary alicyclic amines) is 2. The molecule has 3 nitrogen and oxygen atoms in total. The standard InChI is InChI=1S/C20H26Cl2N2O/c21-16-7-4-8-17(22)15(16)13-24-18-9-10-23(19(18)11-20(24)25)12-14-5-2-1-3-6-14/h4,7-8,14,18-19H,1-3,5-6,9-13H2/t18-,19-/m0/s1. The van der Waals surface area contributed by atoms with E-state index in [0.717, 1.165) is 24.4 Å². The summed E-state index contributed by atoms with van der Waals surface area (Å²) in [5.74, 6) is 1.08. The second-order valence-corrected chi connectivity index (χ2v) is 8.66. The fourth-order valence-corrected chi connectivity index (χ4v) is 5.51. The summed E-state index contributed by atoms with van der Waals surface area (Å²) in [5.41, 5.74) is 0.880. The maximum Gasteiger partial charge on any atom is 0.224 e. The van der Waals surface area contributed by atoms with Crippen molar-refractivity contribution in [3.05, 3.63) is 33.8 Å². The molecule has 0 bridgehead atoms. The molecule has 0 aromatic heterocycles. The maximum atomic E-state index is 12.7. The second kappa shape index (κ2) is 7.46. The minimum atomic E-state index is 0.249. The summed E-state index contributed by atoms with van der Waals surface area (Å²) in [4.78, 5) is 17.3. The fourth-order valence-electron chi connectivity index (χ4n) is 5.00. The summed E-state index contributed by atoms with van der Waals surface area (Å²) in [7, 11) is 0. The predicted molar refractivity (Wildman–Crippen MR) is 102 cm³/mol. The van der Waals surface area contributed by atoms with Crippen LogP contribution in [0.1, 0.15) is 50.5 Å². The Hall–Kier alpha value is -0.770. The molecule has 2 aliphatic heterocycles. The molecule has 3 aliphatic rings. The van der Waals surface area contributed by atoms with Crippen molar-refractivity contribution >= 4 is 29.1 Å². The number of halogens is 2. The average molecular weight is 381 g/mol. The number of benzene rings is 1. The van der Waals surface area contributed by atoms with E-state index >= 15 is 0 Å². The number of hydrogen-bond acceptors (Lipinski definition) is 2. The van der Waals surface area contributed by atoms with Crippen LogP contribution in [-0.4, -0.2) is 40.9 Å². The molecule has 1 aromatic carbocycles. The van der Waals surface area contributed by atoms with E-state index in [1.807, 2.05) is 23.1 Å². The van der Waals surface area contributed by atoms with Crippen molar-refractivity contribution in [3.8, 4) is 0 Å². The van der Waals surface area contributed by atoms with Gasteiger partial charge in [-0.15, -0.1) is 0 Å². The zero-order valence-electron chi connectivity index (χ0n) is 14.6. The Labute approximate surface area is 160 Å². The van der Waals surface area contributed by atoms with Crippen LogP contribution >= 0.6 is 23.2 Å². The highest BCUT2D eigenvalue weighted by Gasteiger charge is 2.47. The molecule has 136 valence electrons. The van der Waals surface area contributed by atoms with Crippen molar-refractivity contribution in [2.24, 2.45) is 5.92 Å². The first-order valence-corrected chi connectivity index (χ1v) is 10.4. The smallest absolute Gasteiger partial charge is 0.224 e. The first-order chi connectivity index (χ1) is 12.1. The van der Waals surface area contributed by atoms with Crippen molar-refractivity contribution in [1.29, 1.82) is 0 Å². The summed E-state index contributed by atoms with van der Waals surface area (Å²) in [6.45, 7) is 2.83. The minimum absolute atomic E-state index is 0.249. The molecule has 2 atom stereocenters. The molecule has 3 fully saturated rings. The molecule has 1 aliphatic carbocycles. The fraction of sp³-hybridized carbons (Fsp3) is 0.650. The first-order valence-electron chi connectivity index (χ1n) is 9.60. The Kier molecular flexibility index (Phi) is 5.26. The van der Waals surface area contributed by atoms with Gasteiger partial charge in [0.1, 0.15) is 0 Å². The van der Waals surface area contributed by atoms with Gasteiger partial charge in [-0.1, -0.05) is 48.5 Å². The summed E-state index contributed by atoms with van der Waals surface area (Å²) in [6, 6.07) is 6.26. The summed E-state index contributed by atoms with van der Waals surface area (Å²) in [6.07, 6.45) is 8.60. The molecule has 25 heavy (non-hydrogen) atoms. The van der Waals surface area contributed by atoms with Crippen LogP contribution in [0.25, 0.3) is 0 Å². The van der Waals surface area contributed by atoms with E-state index in [4.69, 9.17) is 23.2 Å². The lowest BCUT2D eigenvalue weighted by atomic mass is 9.89. The highest BCUT2D eigenvalue weighted by molar-refractivity contribution is 6.36. The molecule has 4 rings (SSSR count). The van der Waals surface area contributed by atoms with E-state index in [1.165, 1.54) is 38.6 Å². The minimum Gasteiger partial charge on any atom is -0.334 e. The molecule has 1 aromatic rings. The topological polar surface area (TPSA) is 23.6 Å². The first kappa shape index (κ1) is 17.6. The van der Waals surface area contributed by atoms with E-state index in [0.29, 0.717) is 35.1 Å². The Morgan fingerprint density at radius 2 is 1.72 bits per heavy atom. The Morgan fingerprint density at radius 3 is 2.44 bits per heavy atom. The third-order valence-corrected chi connectivity index (χ3v) is 7.05. The average Bonchev–Trinajstić information content (AvgIpc) is 3.12. The predicted octanol–water partition coefficient (Wildman–Crippen LogP) is 4.75. The van der Waals surface area contributed by atoms with Gasteiger partial charge in [0.25, 0.3) is 0 Å². The largest absolute Gasteiger partial charge is 0.334 e. The van der Waals surface area contributed by atoms with Gasteiger partial charge in [-0.05, 0) is 37.3 Å². The number of nitrogens with zero attached hydrogens (tertiary/aromatic N) is 2. The van der Waals surface area contributed by atoms with Gasteiger partial charge in [0.15, 0.2) is 0 Å². The van der Waals surface area contributed by atoms with Crippen LogP contribution in [-0.2, 0) is 11.3 Å². The number of hydrogen-bond donors (Lipinski definition) is 0. The third kappa shape index (κ3) is 3.56. The zero-order valence-corrected chi connectivity index (χ0v) is 16.1.